The first kappa shape index (κ1) is 17.9. The molecule has 0 unspecified atom stereocenters. The van der Waals surface area contributed by atoms with Crippen LogP contribution in [0.15, 0.2) is 85.2 Å². The molecule has 3 heterocycles. The number of aromatic amines is 2. The van der Waals surface area contributed by atoms with Gasteiger partial charge in [-0.2, -0.15) is 0 Å². The summed E-state index contributed by atoms with van der Waals surface area (Å²) < 4.78 is 0. The molecular formula is C24H19N5O. The lowest BCUT2D eigenvalue weighted by Crippen LogP contribution is -2.26. The van der Waals surface area contributed by atoms with Crippen molar-refractivity contribution in [2.24, 2.45) is 0 Å². The lowest BCUT2D eigenvalue weighted by molar-refractivity contribution is 0.0993. The number of amides is 1. The first-order chi connectivity index (χ1) is 14.7. The first-order valence-corrected chi connectivity index (χ1v) is 9.63. The number of hydrogen-bond donors (Lipinski definition) is 2. The quantitative estimate of drug-likeness (QED) is 0.456. The number of carbonyl (C=O) groups excluding carboxylic acids is 1. The van der Waals surface area contributed by atoms with Gasteiger partial charge < -0.3 is 14.9 Å². The van der Waals surface area contributed by atoms with E-state index in [4.69, 9.17) is 9.97 Å². The van der Waals surface area contributed by atoms with Gasteiger partial charge in [-0.1, -0.05) is 18.2 Å². The van der Waals surface area contributed by atoms with Crippen molar-refractivity contribution >= 4 is 22.6 Å². The number of aromatic nitrogens is 4. The highest BCUT2D eigenvalue weighted by Crippen LogP contribution is 2.29. The minimum absolute atomic E-state index is 0.0974. The summed E-state index contributed by atoms with van der Waals surface area (Å²) >= 11 is 0. The molecule has 0 saturated heterocycles. The van der Waals surface area contributed by atoms with Crippen LogP contribution in [-0.4, -0.2) is 32.9 Å². The van der Waals surface area contributed by atoms with Gasteiger partial charge in [0.25, 0.3) is 5.91 Å². The molecule has 1 amide bonds. The van der Waals surface area contributed by atoms with E-state index in [1.54, 1.807) is 24.1 Å². The van der Waals surface area contributed by atoms with Crippen LogP contribution in [0.5, 0.6) is 0 Å². The molecule has 6 nitrogen and oxygen atoms in total. The number of rotatable bonds is 4. The predicted octanol–water partition coefficient (Wildman–Crippen LogP) is 4.90. The lowest BCUT2D eigenvalue weighted by atomic mass is 10.1. The van der Waals surface area contributed by atoms with Crippen molar-refractivity contribution in [1.29, 1.82) is 0 Å². The normalized spacial score (nSPS) is 11.0. The average molecular weight is 393 g/mol. The van der Waals surface area contributed by atoms with Gasteiger partial charge in [0.2, 0.25) is 0 Å². The molecule has 6 heteroatoms. The Hall–Kier alpha value is -4.19. The highest BCUT2D eigenvalue weighted by Gasteiger charge is 2.17. The summed E-state index contributed by atoms with van der Waals surface area (Å²) in [6.45, 7) is 0. The van der Waals surface area contributed by atoms with Crippen LogP contribution < -0.4 is 4.90 Å². The van der Waals surface area contributed by atoms with Crippen molar-refractivity contribution in [2.45, 2.75) is 0 Å². The predicted molar refractivity (Wildman–Crippen MR) is 118 cm³/mol. The smallest absolute Gasteiger partial charge is 0.258 e. The molecule has 3 aromatic heterocycles. The van der Waals surface area contributed by atoms with E-state index in [0.29, 0.717) is 11.1 Å². The molecule has 146 valence electrons. The van der Waals surface area contributed by atoms with Crippen molar-refractivity contribution in [1.82, 2.24) is 19.9 Å². The molecule has 30 heavy (non-hydrogen) atoms. The van der Waals surface area contributed by atoms with Gasteiger partial charge in [-0.3, -0.25) is 4.79 Å². The molecule has 0 bridgehead atoms. The van der Waals surface area contributed by atoms with Crippen LogP contribution >= 0.6 is 0 Å². The fourth-order valence-electron chi connectivity index (χ4n) is 3.48. The van der Waals surface area contributed by atoms with Crippen LogP contribution in [0, 0.1) is 0 Å². The number of para-hydroxylation sites is 1. The number of nitrogens with zero attached hydrogens (tertiary/aromatic N) is 3. The van der Waals surface area contributed by atoms with Crippen LogP contribution in [0.3, 0.4) is 0 Å². The van der Waals surface area contributed by atoms with Crippen molar-refractivity contribution < 1.29 is 4.79 Å². The van der Waals surface area contributed by atoms with Crippen LogP contribution in [0.25, 0.3) is 33.8 Å². The molecule has 0 atom stereocenters. The third-order valence-corrected chi connectivity index (χ3v) is 5.07. The minimum atomic E-state index is -0.0974. The number of fused-ring (bicyclic) bond motifs is 1. The van der Waals surface area contributed by atoms with Gasteiger partial charge in [-0.15, -0.1) is 0 Å². The van der Waals surface area contributed by atoms with E-state index in [2.05, 4.69) is 9.97 Å². The summed E-state index contributed by atoms with van der Waals surface area (Å²) in [5.41, 5.74) is 6.04. The number of carbonyl (C=O) groups is 1. The Morgan fingerprint density at radius 3 is 2.00 bits per heavy atom. The highest BCUT2D eigenvalue weighted by atomic mass is 16.2. The molecule has 0 spiro atoms. The van der Waals surface area contributed by atoms with Gasteiger partial charge in [-0.05, 0) is 54.6 Å². The molecule has 5 aromatic rings. The first-order valence-electron chi connectivity index (χ1n) is 9.63. The Morgan fingerprint density at radius 2 is 1.40 bits per heavy atom. The van der Waals surface area contributed by atoms with Crippen molar-refractivity contribution in [2.75, 3.05) is 11.9 Å². The Morgan fingerprint density at radius 1 is 0.767 bits per heavy atom. The summed E-state index contributed by atoms with van der Waals surface area (Å²) in [6.07, 6.45) is 3.72. The zero-order valence-corrected chi connectivity index (χ0v) is 16.3. The molecular weight excluding hydrogens is 374 g/mol. The Kier molecular flexibility index (Phi) is 4.37. The van der Waals surface area contributed by atoms with Gasteiger partial charge in [0.1, 0.15) is 11.4 Å². The summed E-state index contributed by atoms with van der Waals surface area (Å²) in [6, 6.07) is 22.8. The third kappa shape index (κ3) is 3.14. The zero-order valence-electron chi connectivity index (χ0n) is 16.3. The summed E-state index contributed by atoms with van der Waals surface area (Å²) in [5, 5.41) is 0. The average Bonchev–Trinajstić information content (AvgIpc) is 3.52. The van der Waals surface area contributed by atoms with Gasteiger partial charge >= 0.3 is 0 Å². The third-order valence-electron chi connectivity index (χ3n) is 5.07. The lowest BCUT2D eigenvalue weighted by Gasteiger charge is -2.17. The maximum Gasteiger partial charge on any atom is 0.258 e. The fraction of sp³-hybridized carbons (Fsp3) is 0.0417. The molecule has 0 aliphatic carbocycles. The van der Waals surface area contributed by atoms with E-state index < -0.39 is 0 Å². The maximum absolute atomic E-state index is 13.0. The van der Waals surface area contributed by atoms with Gasteiger partial charge in [-0.25, -0.2) is 9.97 Å². The standard InChI is InChI=1S/C24H19N5O/c1-29(17-7-3-2-4-8-17)24(30)16-11-12-18-21(15-16)28-23(20-10-6-14-26-20)22(27-18)19-9-5-13-25-19/h2-15,25-26H,1H3. The van der Waals surface area contributed by atoms with Crippen LogP contribution in [0.4, 0.5) is 5.69 Å². The number of benzene rings is 2. The Bertz CT molecular complexity index is 1310. The summed E-state index contributed by atoms with van der Waals surface area (Å²) in [7, 11) is 1.77. The van der Waals surface area contributed by atoms with E-state index in [0.717, 1.165) is 34.0 Å². The molecule has 0 radical (unpaired) electrons. The summed E-state index contributed by atoms with van der Waals surface area (Å²) in [5.74, 6) is -0.0974. The maximum atomic E-state index is 13.0. The van der Waals surface area contributed by atoms with E-state index >= 15 is 0 Å². The Labute approximate surface area is 173 Å². The van der Waals surface area contributed by atoms with Crippen LogP contribution in [0.2, 0.25) is 0 Å². The largest absolute Gasteiger partial charge is 0.360 e. The zero-order chi connectivity index (χ0) is 20.5. The highest BCUT2D eigenvalue weighted by molar-refractivity contribution is 6.07. The molecule has 0 fully saturated rings. The number of H-pyrrole nitrogens is 2. The summed E-state index contributed by atoms with van der Waals surface area (Å²) in [4.78, 5) is 30.8. The fourth-order valence-corrected chi connectivity index (χ4v) is 3.48. The minimum Gasteiger partial charge on any atom is -0.360 e. The van der Waals surface area contributed by atoms with Gasteiger partial charge in [0.15, 0.2) is 0 Å². The van der Waals surface area contributed by atoms with E-state index in [1.807, 2.05) is 73.1 Å². The molecule has 2 aromatic carbocycles. The molecule has 0 saturated carbocycles. The van der Waals surface area contributed by atoms with Crippen molar-refractivity contribution in [3.8, 4) is 22.8 Å². The SMILES string of the molecule is CN(C(=O)c1ccc2nc(-c3ccc[nH]3)c(-c3ccc[nH]3)nc2c1)c1ccccc1. The van der Waals surface area contributed by atoms with E-state index in [-0.39, 0.29) is 5.91 Å². The second-order valence-corrected chi connectivity index (χ2v) is 6.99. The second kappa shape index (κ2) is 7.33. The van der Waals surface area contributed by atoms with Crippen LogP contribution in [-0.2, 0) is 0 Å². The van der Waals surface area contributed by atoms with Crippen molar-refractivity contribution in [3.05, 3.63) is 90.8 Å². The monoisotopic (exact) mass is 393 g/mol. The second-order valence-electron chi connectivity index (χ2n) is 6.99. The number of anilines is 1. The molecule has 2 N–H and O–H groups in total. The van der Waals surface area contributed by atoms with E-state index in [1.165, 1.54) is 0 Å². The molecule has 5 rings (SSSR count). The Balaban J connectivity index is 1.61. The number of nitrogens with one attached hydrogen (secondary N) is 2. The topological polar surface area (TPSA) is 77.7 Å². The van der Waals surface area contributed by atoms with E-state index in [9.17, 15) is 4.79 Å². The van der Waals surface area contributed by atoms with Crippen LogP contribution in [0.1, 0.15) is 10.4 Å². The van der Waals surface area contributed by atoms with Crippen molar-refractivity contribution in [3.63, 3.8) is 0 Å². The molecule has 0 aliphatic heterocycles. The number of hydrogen-bond acceptors (Lipinski definition) is 3. The molecule has 0 aliphatic rings. The van der Waals surface area contributed by atoms with Gasteiger partial charge in [0, 0.05) is 30.7 Å². The van der Waals surface area contributed by atoms with Gasteiger partial charge in [0.05, 0.1) is 22.4 Å².